The fraction of sp³-hybridized carbons (Fsp3) is 0.700. The molecule has 1 unspecified atom stereocenters. The number of H-pyrrole nitrogens is 1. The molecule has 0 bridgehead atoms. The summed E-state index contributed by atoms with van der Waals surface area (Å²) in [5.41, 5.74) is 1.98. The van der Waals surface area contributed by atoms with Gasteiger partial charge in [0.25, 0.3) is 0 Å². The van der Waals surface area contributed by atoms with Crippen molar-refractivity contribution in [1.82, 2.24) is 15.3 Å². The van der Waals surface area contributed by atoms with Gasteiger partial charge in [0.05, 0.1) is 23.0 Å². The van der Waals surface area contributed by atoms with Gasteiger partial charge >= 0.3 is 0 Å². The molecule has 90 valence electrons. The summed E-state index contributed by atoms with van der Waals surface area (Å²) in [6.45, 7) is 3.12. The molecular weight excluding hydrogens is 226 g/mol. The Morgan fingerprint density at radius 3 is 3.00 bits per heavy atom. The van der Waals surface area contributed by atoms with Crippen LogP contribution in [0.4, 0.5) is 0 Å². The second-order valence-corrected chi connectivity index (χ2v) is 6.64. The quantitative estimate of drug-likeness (QED) is 0.802. The molecule has 2 N–H and O–H groups in total. The summed E-state index contributed by atoms with van der Waals surface area (Å²) in [5, 5.41) is 2.96. The molecule has 1 aliphatic rings. The van der Waals surface area contributed by atoms with Crippen molar-refractivity contribution in [2.75, 3.05) is 12.3 Å². The third-order valence-electron chi connectivity index (χ3n) is 3.06. The second kappa shape index (κ2) is 4.55. The molecule has 1 atom stereocenters. The summed E-state index contributed by atoms with van der Waals surface area (Å²) < 4.78 is 23.1. The average Bonchev–Trinajstić information content (AvgIpc) is 2.75. The number of rotatable bonds is 4. The first-order valence-electron chi connectivity index (χ1n) is 5.51. The van der Waals surface area contributed by atoms with Gasteiger partial charge in [-0.05, 0) is 19.8 Å². The summed E-state index contributed by atoms with van der Waals surface area (Å²) in [4.78, 5) is 7.14. The molecule has 1 aromatic rings. The lowest BCUT2D eigenvalue weighted by molar-refractivity contribution is 0.572. The SMILES string of the molecule is Cc1[nH]cnc1CNCC1CCCS1(=O)=O. The summed E-state index contributed by atoms with van der Waals surface area (Å²) in [6, 6.07) is 0. The van der Waals surface area contributed by atoms with E-state index >= 15 is 0 Å². The van der Waals surface area contributed by atoms with E-state index in [4.69, 9.17) is 0 Å². The molecule has 2 heterocycles. The smallest absolute Gasteiger partial charge is 0.154 e. The molecule has 1 saturated heterocycles. The van der Waals surface area contributed by atoms with E-state index in [1.54, 1.807) is 6.33 Å². The number of imidazole rings is 1. The van der Waals surface area contributed by atoms with Crippen LogP contribution in [0, 0.1) is 6.92 Å². The fourth-order valence-electron chi connectivity index (χ4n) is 2.00. The third-order valence-corrected chi connectivity index (χ3v) is 5.34. The first-order chi connectivity index (χ1) is 7.59. The van der Waals surface area contributed by atoms with Crippen LogP contribution < -0.4 is 5.32 Å². The molecule has 1 aromatic heterocycles. The number of sulfone groups is 1. The molecular formula is C10H17N3O2S. The number of aromatic nitrogens is 2. The van der Waals surface area contributed by atoms with Gasteiger partial charge in [0.15, 0.2) is 9.84 Å². The van der Waals surface area contributed by atoms with Gasteiger partial charge in [-0.2, -0.15) is 0 Å². The molecule has 2 rings (SSSR count). The highest BCUT2D eigenvalue weighted by Crippen LogP contribution is 2.19. The molecule has 0 aliphatic carbocycles. The predicted molar refractivity (Wildman–Crippen MR) is 61.8 cm³/mol. The van der Waals surface area contributed by atoms with Crippen molar-refractivity contribution >= 4 is 9.84 Å². The largest absolute Gasteiger partial charge is 0.348 e. The summed E-state index contributed by atoms with van der Waals surface area (Å²) >= 11 is 0. The van der Waals surface area contributed by atoms with Crippen molar-refractivity contribution in [3.8, 4) is 0 Å². The van der Waals surface area contributed by atoms with Crippen LogP contribution in [0.25, 0.3) is 0 Å². The van der Waals surface area contributed by atoms with Crippen LogP contribution in [0.1, 0.15) is 24.2 Å². The number of hydrogen-bond donors (Lipinski definition) is 2. The van der Waals surface area contributed by atoms with Gasteiger partial charge in [0.1, 0.15) is 0 Å². The Kier molecular flexibility index (Phi) is 3.30. The van der Waals surface area contributed by atoms with Crippen LogP contribution in [0.2, 0.25) is 0 Å². The Bertz CT molecular complexity index is 452. The van der Waals surface area contributed by atoms with Crippen molar-refractivity contribution in [3.63, 3.8) is 0 Å². The minimum atomic E-state index is -2.83. The van der Waals surface area contributed by atoms with E-state index in [0.29, 0.717) is 18.8 Å². The van der Waals surface area contributed by atoms with Crippen LogP contribution in [0.3, 0.4) is 0 Å². The van der Waals surface area contributed by atoms with Crippen molar-refractivity contribution in [2.24, 2.45) is 0 Å². The van der Waals surface area contributed by atoms with Gasteiger partial charge in [0, 0.05) is 18.8 Å². The Morgan fingerprint density at radius 2 is 2.44 bits per heavy atom. The standard InChI is InChI=1S/C10H17N3O2S/c1-8-10(13-7-12-8)6-11-5-9-3-2-4-16(9,14)15/h7,9,11H,2-6H2,1H3,(H,12,13). The highest BCUT2D eigenvalue weighted by Gasteiger charge is 2.30. The Labute approximate surface area is 95.6 Å². The van der Waals surface area contributed by atoms with E-state index in [1.165, 1.54) is 0 Å². The van der Waals surface area contributed by atoms with E-state index in [1.807, 2.05) is 6.92 Å². The topological polar surface area (TPSA) is 74.8 Å². The summed E-state index contributed by atoms with van der Waals surface area (Å²) in [5.74, 6) is 0.348. The summed E-state index contributed by atoms with van der Waals surface area (Å²) in [6.07, 6.45) is 3.24. The lowest BCUT2D eigenvalue weighted by Gasteiger charge is -2.09. The zero-order chi connectivity index (χ0) is 11.6. The third kappa shape index (κ3) is 2.44. The number of nitrogens with zero attached hydrogens (tertiary/aromatic N) is 1. The number of aromatic amines is 1. The second-order valence-electron chi connectivity index (χ2n) is 4.24. The van der Waals surface area contributed by atoms with E-state index < -0.39 is 9.84 Å². The minimum Gasteiger partial charge on any atom is -0.348 e. The van der Waals surface area contributed by atoms with Crippen molar-refractivity contribution in [1.29, 1.82) is 0 Å². The monoisotopic (exact) mass is 243 g/mol. The Hall–Kier alpha value is -0.880. The molecule has 0 amide bonds. The van der Waals surface area contributed by atoms with Crippen molar-refractivity contribution in [2.45, 2.75) is 31.6 Å². The normalized spacial score (nSPS) is 23.7. The van der Waals surface area contributed by atoms with Crippen LogP contribution in [0.5, 0.6) is 0 Å². The van der Waals surface area contributed by atoms with Gasteiger partial charge in [-0.1, -0.05) is 0 Å². The van der Waals surface area contributed by atoms with Crippen LogP contribution in [-0.4, -0.2) is 35.9 Å². The highest BCUT2D eigenvalue weighted by atomic mass is 32.2. The van der Waals surface area contributed by atoms with Gasteiger partial charge < -0.3 is 10.3 Å². The van der Waals surface area contributed by atoms with E-state index in [9.17, 15) is 8.42 Å². The molecule has 1 aliphatic heterocycles. The van der Waals surface area contributed by atoms with Gasteiger partial charge in [-0.3, -0.25) is 0 Å². The zero-order valence-electron chi connectivity index (χ0n) is 9.36. The van der Waals surface area contributed by atoms with Crippen LogP contribution in [0.15, 0.2) is 6.33 Å². The fourth-order valence-corrected chi connectivity index (χ4v) is 3.80. The molecule has 5 nitrogen and oxygen atoms in total. The van der Waals surface area contributed by atoms with Gasteiger partial charge in [-0.25, -0.2) is 13.4 Å². The van der Waals surface area contributed by atoms with Crippen LogP contribution >= 0.6 is 0 Å². The minimum absolute atomic E-state index is 0.202. The Balaban J connectivity index is 1.83. The Morgan fingerprint density at radius 1 is 1.62 bits per heavy atom. The molecule has 0 radical (unpaired) electrons. The lowest BCUT2D eigenvalue weighted by atomic mass is 10.2. The number of nitrogens with one attached hydrogen (secondary N) is 2. The van der Waals surface area contributed by atoms with E-state index in [2.05, 4.69) is 15.3 Å². The number of aryl methyl sites for hydroxylation is 1. The number of hydrogen-bond acceptors (Lipinski definition) is 4. The predicted octanol–water partition coefficient (Wildman–Crippen LogP) is 0.385. The highest BCUT2D eigenvalue weighted by molar-refractivity contribution is 7.92. The van der Waals surface area contributed by atoms with Crippen molar-refractivity contribution < 1.29 is 8.42 Å². The summed E-state index contributed by atoms with van der Waals surface area (Å²) in [7, 11) is -2.83. The maximum absolute atomic E-state index is 11.6. The molecule has 1 fully saturated rings. The zero-order valence-corrected chi connectivity index (χ0v) is 10.2. The van der Waals surface area contributed by atoms with E-state index in [0.717, 1.165) is 24.2 Å². The first kappa shape index (κ1) is 11.6. The maximum atomic E-state index is 11.6. The lowest BCUT2D eigenvalue weighted by Crippen LogP contribution is -2.30. The first-order valence-corrected chi connectivity index (χ1v) is 7.22. The van der Waals surface area contributed by atoms with Crippen LogP contribution in [-0.2, 0) is 16.4 Å². The van der Waals surface area contributed by atoms with Crippen molar-refractivity contribution in [3.05, 3.63) is 17.7 Å². The maximum Gasteiger partial charge on any atom is 0.154 e. The molecule has 16 heavy (non-hydrogen) atoms. The van der Waals surface area contributed by atoms with Gasteiger partial charge in [0.2, 0.25) is 0 Å². The van der Waals surface area contributed by atoms with E-state index in [-0.39, 0.29) is 5.25 Å². The molecule has 0 saturated carbocycles. The molecule has 6 heteroatoms. The molecule has 0 spiro atoms. The van der Waals surface area contributed by atoms with Gasteiger partial charge in [-0.15, -0.1) is 0 Å². The molecule has 0 aromatic carbocycles. The average molecular weight is 243 g/mol.